The second-order valence-electron chi connectivity index (χ2n) is 5.00. The van der Waals surface area contributed by atoms with Crippen molar-refractivity contribution in [1.29, 1.82) is 0 Å². The SMILES string of the molecule is CCN(CC)c1nccc(C(=O)Nc2ccc(C(C)=O)cc2)n1. The average molecular weight is 312 g/mol. The summed E-state index contributed by atoms with van der Waals surface area (Å²) in [5.74, 6) is 0.216. The molecule has 0 saturated heterocycles. The van der Waals surface area contributed by atoms with Crippen LogP contribution in [0.4, 0.5) is 11.6 Å². The van der Waals surface area contributed by atoms with Crippen LogP contribution in [0.15, 0.2) is 36.5 Å². The molecule has 1 aromatic carbocycles. The highest BCUT2D eigenvalue weighted by molar-refractivity contribution is 6.03. The van der Waals surface area contributed by atoms with Crippen molar-refractivity contribution in [1.82, 2.24) is 9.97 Å². The third kappa shape index (κ3) is 4.12. The van der Waals surface area contributed by atoms with Crippen LogP contribution in [-0.2, 0) is 0 Å². The van der Waals surface area contributed by atoms with Gasteiger partial charge in [0.05, 0.1) is 0 Å². The number of carbonyl (C=O) groups is 2. The van der Waals surface area contributed by atoms with Crippen LogP contribution in [0.3, 0.4) is 0 Å². The molecule has 6 heteroatoms. The Morgan fingerprint density at radius 2 is 1.74 bits per heavy atom. The molecule has 6 nitrogen and oxygen atoms in total. The molecule has 0 aliphatic heterocycles. The van der Waals surface area contributed by atoms with Gasteiger partial charge in [0.15, 0.2) is 5.78 Å². The number of hydrogen-bond donors (Lipinski definition) is 1. The Labute approximate surface area is 135 Å². The standard InChI is InChI=1S/C17H20N4O2/c1-4-21(5-2)17-18-11-10-15(20-17)16(23)19-14-8-6-13(7-9-14)12(3)22/h6-11H,4-5H2,1-3H3,(H,19,23). The van der Waals surface area contributed by atoms with Gasteiger partial charge in [0, 0.05) is 30.5 Å². The summed E-state index contributed by atoms with van der Waals surface area (Å²) in [6.45, 7) is 7.07. The van der Waals surface area contributed by atoms with Crippen LogP contribution < -0.4 is 10.2 Å². The number of nitrogens with zero attached hydrogens (tertiary/aromatic N) is 3. The zero-order valence-electron chi connectivity index (χ0n) is 13.5. The van der Waals surface area contributed by atoms with Crippen LogP contribution in [0, 0.1) is 0 Å². The van der Waals surface area contributed by atoms with Crippen LogP contribution in [0.25, 0.3) is 0 Å². The first-order valence-corrected chi connectivity index (χ1v) is 7.55. The van der Waals surface area contributed by atoms with Gasteiger partial charge in [-0.25, -0.2) is 9.97 Å². The normalized spacial score (nSPS) is 10.2. The van der Waals surface area contributed by atoms with Crippen molar-refractivity contribution in [2.75, 3.05) is 23.3 Å². The predicted octanol–water partition coefficient (Wildman–Crippen LogP) is 2.78. The number of amides is 1. The minimum absolute atomic E-state index is 0.0115. The average Bonchev–Trinajstić information content (AvgIpc) is 2.57. The molecule has 2 aromatic rings. The molecular weight excluding hydrogens is 292 g/mol. The van der Waals surface area contributed by atoms with E-state index in [1.807, 2.05) is 18.7 Å². The molecule has 0 aliphatic carbocycles. The summed E-state index contributed by atoms with van der Waals surface area (Å²) in [5.41, 5.74) is 1.52. The molecule has 0 unspecified atom stereocenters. The Bertz CT molecular complexity index is 694. The Morgan fingerprint density at radius 1 is 1.09 bits per heavy atom. The van der Waals surface area contributed by atoms with Gasteiger partial charge in [-0.3, -0.25) is 9.59 Å². The van der Waals surface area contributed by atoms with E-state index in [0.717, 1.165) is 13.1 Å². The van der Waals surface area contributed by atoms with Crippen molar-refractivity contribution in [3.63, 3.8) is 0 Å². The summed E-state index contributed by atoms with van der Waals surface area (Å²) in [4.78, 5) is 34.0. The number of Topliss-reactive ketones (excluding diaryl/α,β-unsaturated/α-hetero) is 1. The highest BCUT2D eigenvalue weighted by atomic mass is 16.2. The van der Waals surface area contributed by atoms with Crippen molar-refractivity contribution < 1.29 is 9.59 Å². The van der Waals surface area contributed by atoms with E-state index in [1.165, 1.54) is 6.92 Å². The number of ketones is 1. The maximum atomic E-state index is 12.3. The van der Waals surface area contributed by atoms with Gasteiger partial charge in [-0.05, 0) is 51.1 Å². The topological polar surface area (TPSA) is 75.2 Å². The van der Waals surface area contributed by atoms with Crippen LogP contribution in [0.1, 0.15) is 41.6 Å². The van der Waals surface area contributed by atoms with E-state index in [4.69, 9.17) is 0 Å². The monoisotopic (exact) mass is 312 g/mol. The van der Waals surface area contributed by atoms with E-state index in [-0.39, 0.29) is 11.7 Å². The minimum Gasteiger partial charge on any atom is -0.341 e. The van der Waals surface area contributed by atoms with Crippen LogP contribution >= 0.6 is 0 Å². The summed E-state index contributed by atoms with van der Waals surface area (Å²) in [6, 6.07) is 8.33. The second-order valence-corrected chi connectivity index (χ2v) is 5.00. The maximum Gasteiger partial charge on any atom is 0.274 e. The number of carbonyl (C=O) groups excluding carboxylic acids is 2. The van der Waals surface area contributed by atoms with Gasteiger partial charge in [-0.15, -0.1) is 0 Å². The van der Waals surface area contributed by atoms with Gasteiger partial charge in [0.2, 0.25) is 5.95 Å². The Balaban J connectivity index is 2.14. The number of hydrogen-bond acceptors (Lipinski definition) is 5. The van der Waals surface area contributed by atoms with Gasteiger partial charge in [-0.2, -0.15) is 0 Å². The molecule has 2 rings (SSSR count). The van der Waals surface area contributed by atoms with Gasteiger partial charge in [0.1, 0.15) is 5.69 Å². The summed E-state index contributed by atoms with van der Waals surface area (Å²) in [5, 5.41) is 2.77. The lowest BCUT2D eigenvalue weighted by molar-refractivity contribution is 0.101. The second kappa shape index (κ2) is 7.49. The summed E-state index contributed by atoms with van der Waals surface area (Å²) in [7, 11) is 0. The molecule has 120 valence electrons. The summed E-state index contributed by atoms with van der Waals surface area (Å²) in [6.07, 6.45) is 1.58. The van der Waals surface area contributed by atoms with E-state index < -0.39 is 0 Å². The zero-order chi connectivity index (χ0) is 16.8. The number of benzene rings is 1. The lowest BCUT2D eigenvalue weighted by Gasteiger charge is -2.18. The molecule has 1 amide bonds. The van der Waals surface area contributed by atoms with E-state index in [2.05, 4.69) is 15.3 Å². The fourth-order valence-electron chi connectivity index (χ4n) is 2.12. The van der Waals surface area contributed by atoms with Crippen molar-refractivity contribution in [3.8, 4) is 0 Å². The molecule has 0 aliphatic rings. The molecule has 1 aromatic heterocycles. The highest BCUT2D eigenvalue weighted by Gasteiger charge is 2.12. The molecule has 0 spiro atoms. The van der Waals surface area contributed by atoms with Crippen LogP contribution in [-0.4, -0.2) is 34.7 Å². The predicted molar refractivity (Wildman–Crippen MR) is 90.0 cm³/mol. The van der Waals surface area contributed by atoms with E-state index in [9.17, 15) is 9.59 Å². The van der Waals surface area contributed by atoms with Gasteiger partial charge in [0.25, 0.3) is 5.91 Å². The molecule has 1 heterocycles. The summed E-state index contributed by atoms with van der Waals surface area (Å²) >= 11 is 0. The van der Waals surface area contributed by atoms with Gasteiger partial charge in [-0.1, -0.05) is 0 Å². The fraction of sp³-hybridized carbons (Fsp3) is 0.294. The number of nitrogens with one attached hydrogen (secondary N) is 1. The van der Waals surface area contributed by atoms with Crippen molar-refractivity contribution in [2.24, 2.45) is 0 Å². The first-order valence-electron chi connectivity index (χ1n) is 7.55. The lowest BCUT2D eigenvalue weighted by Crippen LogP contribution is -2.25. The molecule has 0 bridgehead atoms. The zero-order valence-corrected chi connectivity index (χ0v) is 13.5. The van der Waals surface area contributed by atoms with Crippen molar-refractivity contribution >= 4 is 23.3 Å². The Kier molecular flexibility index (Phi) is 5.41. The number of anilines is 2. The largest absolute Gasteiger partial charge is 0.341 e. The van der Waals surface area contributed by atoms with Crippen LogP contribution in [0.2, 0.25) is 0 Å². The molecule has 0 saturated carbocycles. The molecule has 23 heavy (non-hydrogen) atoms. The lowest BCUT2D eigenvalue weighted by atomic mass is 10.1. The van der Waals surface area contributed by atoms with Crippen molar-refractivity contribution in [2.45, 2.75) is 20.8 Å². The third-order valence-electron chi connectivity index (χ3n) is 3.47. The third-order valence-corrected chi connectivity index (χ3v) is 3.47. The molecule has 0 radical (unpaired) electrons. The van der Waals surface area contributed by atoms with E-state index in [0.29, 0.717) is 22.9 Å². The number of rotatable bonds is 6. The fourth-order valence-corrected chi connectivity index (χ4v) is 2.12. The highest BCUT2D eigenvalue weighted by Crippen LogP contribution is 2.12. The van der Waals surface area contributed by atoms with Gasteiger partial charge >= 0.3 is 0 Å². The molecule has 1 N–H and O–H groups in total. The first-order chi connectivity index (χ1) is 11.0. The van der Waals surface area contributed by atoms with Gasteiger partial charge < -0.3 is 10.2 Å². The first kappa shape index (κ1) is 16.6. The van der Waals surface area contributed by atoms with Crippen LogP contribution in [0.5, 0.6) is 0 Å². The van der Waals surface area contributed by atoms with Crippen molar-refractivity contribution in [3.05, 3.63) is 47.8 Å². The van der Waals surface area contributed by atoms with E-state index in [1.54, 1.807) is 36.5 Å². The number of aromatic nitrogens is 2. The smallest absolute Gasteiger partial charge is 0.274 e. The minimum atomic E-state index is -0.309. The molecular formula is C17H20N4O2. The maximum absolute atomic E-state index is 12.3. The molecule has 0 fully saturated rings. The Hall–Kier alpha value is -2.76. The molecule has 0 atom stereocenters. The summed E-state index contributed by atoms with van der Waals surface area (Å²) < 4.78 is 0. The Morgan fingerprint density at radius 3 is 2.30 bits per heavy atom. The van der Waals surface area contributed by atoms with E-state index >= 15 is 0 Å². The quantitative estimate of drug-likeness (QED) is 0.830.